The van der Waals surface area contributed by atoms with Crippen LogP contribution >= 0.6 is 0 Å². The number of hydrogen-bond donors (Lipinski definition) is 2. The van der Waals surface area contributed by atoms with Crippen molar-refractivity contribution in [1.82, 2.24) is 0 Å². The average Bonchev–Trinajstić information content (AvgIpc) is 2.85. The predicted molar refractivity (Wildman–Crippen MR) is 130 cm³/mol. The van der Waals surface area contributed by atoms with Gasteiger partial charge in [-0.25, -0.2) is 0 Å². The van der Waals surface area contributed by atoms with Crippen molar-refractivity contribution in [3.05, 3.63) is 99.3 Å². The lowest BCUT2D eigenvalue weighted by Crippen LogP contribution is -2.02. The normalized spacial score (nSPS) is 11.0. The number of para-hydroxylation sites is 2. The Morgan fingerprint density at radius 1 is 0.647 bits per heavy atom. The van der Waals surface area contributed by atoms with Gasteiger partial charge in [-0.1, -0.05) is 24.3 Å². The molecule has 168 valence electrons. The third kappa shape index (κ3) is 3.59. The van der Waals surface area contributed by atoms with E-state index in [0.717, 1.165) is 0 Å². The molecule has 2 N–H and O–H groups in total. The van der Waals surface area contributed by atoms with Crippen LogP contribution in [0.25, 0.3) is 43.9 Å². The van der Waals surface area contributed by atoms with Gasteiger partial charge in [-0.2, -0.15) is 0 Å². The Balaban J connectivity index is 0.000000145. The maximum absolute atomic E-state index is 12.3. The summed E-state index contributed by atoms with van der Waals surface area (Å²) in [6.07, 6.45) is 0. The van der Waals surface area contributed by atoms with Gasteiger partial charge in [-0.3, -0.25) is 9.59 Å². The third-order valence-corrected chi connectivity index (χ3v) is 5.43. The van der Waals surface area contributed by atoms with Crippen molar-refractivity contribution in [2.24, 2.45) is 0 Å². The molecule has 0 fully saturated rings. The zero-order valence-corrected chi connectivity index (χ0v) is 17.9. The number of phenolic OH excluding ortho intramolecular Hbond substituents is 2. The number of benzene rings is 4. The van der Waals surface area contributed by atoms with E-state index < -0.39 is 5.43 Å². The van der Waals surface area contributed by atoms with Crippen molar-refractivity contribution in [3.63, 3.8) is 0 Å². The molecule has 0 atom stereocenters. The smallest absolute Gasteiger partial charge is 0.204 e. The largest absolute Gasteiger partial charge is 0.508 e. The van der Waals surface area contributed by atoms with Gasteiger partial charge in [0.2, 0.25) is 10.9 Å². The molecule has 0 aliphatic heterocycles. The number of aromatic hydroxyl groups is 2. The van der Waals surface area contributed by atoms with E-state index in [1.165, 1.54) is 37.4 Å². The monoisotopic (exact) mass is 454 g/mol. The molecule has 2 aromatic heterocycles. The van der Waals surface area contributed by atoms with Gasteiger partial charge >= 0.3 is 0 Å². The summed E-state index contributed by atoms with van der Waals surface area (Å²) in [5.74, 6) is 0.145. The quantitative estimate of drug-likeness (QED) is 0.324. The van der Waals surface area contributed by atoms with Crippen LogP contribution in [0.1, 0.15) is 0 Å². The van der Waals surface area contributed by atoms with Crippen LogP contribution in [-0.2, 0) is 0 Å². The lowest BCUT2D eigenvalue weighted by Gasteiger charge is -2.06. The molecule has 7 nitrogen and oxygen atoms in total. The Morgan fingerprint density at radius 3 is 1.88 bits per heavy atom. The van der Waals surface area contributed by atoms with E-state index in [4.69, 9.17) is 13.6 Å². The molecular weight excluding hydrogens is 436 g/mol. The Kier molecular flexibility index (Phi) is 5.14. The van der Waals surface area contributed by atoms with Crippen LogP contribution in [0.3, 0.4) is 0 Å². The molecule has 4 aromatic carbocycles. The molecule has 6 rings (SSSR count). The number of rotatable bonds is 1. The first-order valence-electron chi connectivity index (χ1n) is 10.3. The summed E-state index contributed by atoms with van der Waals surface area (Å²) in [6.45, 7) is 0. The van der Waals surface area contributed by atoms with Crippen LogP contribution in [0.15, 0.2) is 97.3 Å². The fourth-order valence-corrected chi connectivity index (χ4v) is 3.79. The molecule has 0 bridgehead atoms. The molecule has 0 amide bonds. The van der Waals surface area contributed by atoms with E-state index in [1.807, 2.05) is 36.4 Å². The molecule has 0 radical (unpaired) electrons. The van der Waals surface area contributed by atoms with Gasteiger partial charge in [0.1, 0.15) is 45.0 Å². The highest BCUT2D eigenvalue weighted by molar-refractivity contribution is 5.94. The highest BCUT2D eigenvalue weighted by Crippen LogP contribution is 2.31. The molecule has 34 heavy (non-hydrogen) atoms. The molecule has 0 saturated carbocycles. The molecule has 0 saturated heterocycles. The van der Waals surface area contributed by atoms with E-state index in [-0.39, 0.29) is 33.3 Å². The summed E-state index contributed by atoms with van der Waals surface area (Å²) in [6, 6.07) is 21.7. The van der Waals surface area contributed by atoms with Gasteiger partial charge in [-0.15, -0.1) is 0 Å². The first-order valence-corrected chi connectivity index (χ1v) is 10.3. The predicted octanol–water partition coefficient (Wildman–Crippen LogP) is 5.31. The summed E-state index contributed by atoms with van der Waals surface area (Å²) in [4.78, 5) is 24.3. The second kappa shape index (κ2) is 8.29. The Morgan fingerprint density at radius 2 is 1.24 bits per heavy atom. The van der Waals surface area contributed by atoms with Crippen LogP contribution < -0.4 is 15.6 Å². The second-order valence-electron chi connectivity index (χ2n) is 7.55. The number of ether oxygens (including phenoxy) is 1. The van der Waals surface area contributed by atoms with Crippen LogP contribution in [-0.4, -0.2) is 17.3 Å². The minimum absolute atomic E-state index is 0.0347. The van der Waals surface area contributed by atoms with Gasteiger partial charge < -0.3 is 23.8 Å². The molecule has 7 heteroatoms. The van der Waals surface area contributed by atoms with Crippen molar-refractivity contribution in [1.29, 1.82) is 0 Å². The minimum atomic E-state index is -0.396. The summed E-state index contributed by atoms with van der Waals surface area (Å²) in [5, 5.41) is 20.9. The van der Waals surface area contributed by atoms with Crippen molar-refractivity contribution in [3.8, 4) is 17.2 Å². The Hall–Kier alpha value is -4.78. The number of phenols is 2. The van der Waals surface area contributed by atoms with Crippen molar-refractivity contribution in [2.45, 2.75) is 0 Å². The zero-order chi connectivity index (χ0) is 23.8. The molecule has 2 heterocycles. The Labute approximate surface area is 191 Å². The third-order valence-electron chi connectivity index (χ3n) is 5.43. The fraction of sp³-hybridized carbons (Fsp3) is 0.0370. The summed E-state index contributed by atoms with van der Waals surface area (Å²) in [5.41, 5.74) is 1.49. The van der Waals surface area contributed by atoms with Crippen LogP contribution in [0, 0.1) is 0 Å². The lowest BCUT2D eigenvalue weighted by atomic mass is 10.1. The number of methoxy groups -OCH3 is 1. The number of fused-ring (bicyclic) bond motifs is 4. The standard InChI is InChI=1S/C14H10O5.C13H8O2/c1-18-8-5-10(16)13-12(6-8)19-11-3-2-7(15)4-9(11)14(13)17;14-13-9-5-1-3-7-11(9)15-12-8-4-2-6-10(12)13/h2-6,15-16H,1H3;1-8H. The molecule has 6 aromatic rings. The maximum atomic E-state index is 12.3. The first-order chi connectivity index (χ1) is 16.5. The topological polar surface area (TPSA) is 110 Å². The molecule has 0 aliphatic carbocycles. The minimum Gasteiger partial charge on any atom is -0.508 e. The van der Waals surface area contributed by atoms with E-state index in [1.54, 1.807) is 12.1 Å². The fourth-order valence-electron chi connectivity index (χ4n) is 3.79. The SMILES string of the molecule is COc1cc(O)c2c(=O)c3cc(O)ccc3oc2c1.O=c1c2ccccc2oc2ccccc12. The highest BCUT2D eigenvalue weighted by atomic mass is 16.5. The molecule has 0 aliphatic rings. The van der Waals surface area contributed by atoms with Crippen molar-refractivity contribution >= 4 is 43.9 Å². The number of hydrogen-bond acceptors (Lipinski definition) is 7. The van der Waals surface area contributed by atoms with E-state index in [9.17, 15) is 19.8 Å². The van der Waals surface area contributed by atoms with Gasteiger partial charge in [0, 0.05) is 12.1 Å². The van der Waals surface area contributed by atoms with Crippen molar-refractivity contribution in [2.75, 3.05) is 7.11 Å². The summed E-state index contributed by atoms with van der Waals surface area (Å²) < 4.78 is 16.2. The van der Waals surface area contributed by atoms with E-state index >= 15 is 0 Å². The van der Waals surface area contributed by atoms with Gasteiger partial charge in [-0.05, 0) is 42.5 Å². The van der Waals surface area contributed by atoms with Gasteiger partial charge in [0.25, 0.3) is 0 Å². The first kappa shape index (κ1) is 21.1. The highest BCUT2D eigenvalue weighted by Gasteiger charge is 2.13. The van der Waals surface area contributed by atoms with Crippen molar-refractivity contribution < 1.29 is 23.8 Å². The van der Waals surface area contributed by atoms with Gasteiger partial charge in [0.15, 0.2) is 0 Å². The van der Waals surface area contributed by atoms with Crippen LogP contribution in [0.4, 0.5) is 0 Å². The lowest BCUT2D eigenvalue weighted by molar-refractivity contribution is 0.408. The summed E-state index contributed by atoms with van der Waals surface area (Å²) in [7, 11) is 1.46. The van der Waals surface area contributed by atoms with Crippen LogP contribution in [0.5, 0.6) is 17.2 Å². The van der Waals surface area contributed by atoms with Crippen LogP contribution in [0.2, 0.25) is 0 Å². The van der Waals surface area contributed by atoms with Gasteiger partial charge in [0.05, 0.1) is 23.3 Å². The molecular formula is C27H18O7. The zero-order valence-electron chi connectivity index (χ0n) is 17.9. The summed E-state index contributed by atoms with van der Waals surface area (Å²) >= 11 is 0. The molecule has 0 unspecified atom stereocenters. The maximum Gasteiger partial charge on any atom is 0.204 e. The average molecular weight is 454 g/mol. The van der Waals surface area contributed by atoms with E-state index in [0.29, 0.717) is 33.3 Å². The van der Waals surface area contributed by atoms with E-state index in [2.05, 4.69) is 0 Å². The second-order valence-corrected chi connectivity index (χ2v) is 7.55. The Bertz CT molecular complexity index is 1760. The molecule has 0 spiro atoms.